The quantitative estimate of drug-likeness (QED) is 0.131. The van der Waals surface area contributed by atoms with Crippen LogP contribution in [-0.4, -0.2) is 118 Å². The lowest BCUT2D eigenvalue weighted by Gasteiger charge is -2.22. The summed E-state index contributed by atoms with van der Waals surface area (Å²) >= 11 is 18.0. The zero-order chi connectivity index (χ0) is 38.1. The fourth-order valence-corrected chi connectivity index (χ4v) is 5.20. The molecule has 0 saturated heterocycles. The number of aliphatic hydroxyl groups excluding tert-OH is 1. The van der Waals surface area contributed by atoms with Crippen molar-refractivity contribution in [2.24, 2.45) is 0 Å². The second kappa shape index (κ2) is 22.0. The standard InChI is InChI=1S/C12H18ClN3O2.C11H16ClN3O2.C9H11ClN2O3/c1-14(2)7-4-8-15(3)12-6-5-10(16(17)18)9-11(12)13;1-13(2)6-7-14(3)11-5-4-9(15(16)17)8-10(11)12;1-11(4-5-13)9-3-2-7(12(14)15)6-8(9)10/h5-6,9H,4,7-8H2,1-3H3;4-5,8H,6-7H2,1-3H3;2-3,6,13H,4-5H2,1H3. The van der Waals surface area contributed by atoms with Crippen LogP contribution < -0.4 is 14.7 Å². The van der Waals surface area contributed by atoms with Gasteiger partial charge in [-0.25, -0.2) is 0 Å². The molecule has 1 N–H and O–H groups in total. The van der Waals surface area contributed by atoms with Crippen LogP contribution >= 0.6 is 34.8 Å². The summed E-state index contributed by atoms with van der Waals surface area (Å²) in [5.74, 6) is 0. The van der Waals surface area contributed by atoms with Crippen LogP contribution in [0.15, 0.2) is 54.6 Å². The summed E-state index contributed by atoms with van der Waals surface area (Å²) in [5.41, 5.74) is 2.28. The highest BCUT2D eigenvalue weighted by Gasteiger charge is 2.14. The van der Waals surface area contributed by atoms with Gasteiger partial charge in [-0.15, -0.1) is 0 Å². The normalized spacial score (nSPS) is 10.5. The Labute approximate surface area is 307 Å². The first-order valence-electron chi connectivity index (χ1n) is 15.2. The van der Waals surface area contributed by atoms with E-state index in [0.29, 0.717) is 27.3 Å². The maximum atomic E-state index is 10.6. The third-order valence-corrected chi connectivity index (χ3v) is 7.99. The summed E-state index contributed by atoms with van der Waals surface area (Å²) in [6.45, 7) is 3.99. The molecule has 0 amide bonds. The van der Waals surface area contributed by atoms with Gasteiger partial charge in [0, 0.05) is 83.7 Å². The largest absolute Gasteiger partial charge is 0.395 e. The number of hydrogen-bond acceptors (Lipinski definition) is 12. The van der Waals surface area contributed by atoms with E-state index in [1.54, 1.807) is 30.1 Å². The number of hydrogen-bond donors (Lipinski definition) is 1. The van der Waals surface area contributed by atoms with Gasteiger partial charge in [-0.2, -0.15) is 0 Å². The molecule has 0 saturated carbocycles. The Hall–Kier alpha value is -3.99. The van der Waals surface area contributed by atoms with Gasteiger partial charge >= 0.3 is 0 Å². The van der Waals surface area contributed by atoms with Crippen LogP contribution in [0.3, 0.4) is 0 Å². The lowest BCUT2D eigenvalue weighted by molar-refractivity contribution is -0.385. The van der Waals surface area contributed by atoms with Crippen LogP contribution in [0.1, 0.15) is 6.42 Å². The monoisotopic (exact) mass is 758 g/mol. The van der Waals surface area contributed by atoms with Gasteiger partial charge in [-0.1, -0.05) is 34.8 Å². The SMILES string of the molecule is CN(C)CCCN(C)c1ccc([N+](=O)[O-])cc1Cl.CN(C)CCN(C)c1ccc([N+](=O)[O-])cc1Cl.CN(CCO)c1ccc([N+](=O)[O-])cc1Cl. The van der Waals surface area contributed by atoms with Crippen LogP contribution in [0.4, 0.5) is 34.1 Å². The van der Waals surface area contributed by atoms with E-state index >= 15 is 0 Å². The molecular weight excluding hydrogens is 715 g/mol. The number of nitro benzene ring substituents is 3. The molecule has 50 heavy (non-hydrogen) atoms. The minimum Gasteiger partial charge on any atom is -0.395 e. The maximum Gasteiger partial charge on any atom is 0.271 e. The van der Waals surface area contributed by atoms with Gasteiger partial charge in [-0.3, -0.25) is 30.3 Å². The molecule has 0 unspecified atom stereocenters. The molecule has 3 rings (SSSR count). The number of benzene rings is 3. The molecule has 276 valence electrons. The summed E-state index contributed by atoms with van der Waals surface area (Å²) in [5, 5.41) is 41.5. The Bertz CT molecular complexity index is 1570. The van der Waals surface area contributed by atoms with E-state index in [1.807, 2.05) is 52.1 Å². The first-order chi connectivity index (χ1) is 23.4. The Morgan fingerprint density at radius 3 is 1.12 bits per heavy atom. The van der Waals surface area contributed by atoms with Gasteiger partial charge < -0.3 is 29.6 Å². The average Bonchev–Trinajstić information content (AvgIpc) is 3.03. The van der Waals surface area contributed by atoms with Gasteiger partial charge in [0.15, 0.2) is 0 Å². The topological polar surface area (TPSA) is 166 Å². The number of non-ortho nitro benzene ring substituents is 3. The second-order valence-electron chi connectivity index (χ2n) is 11.6. The van der Waals surface area contributed by atoms with Crippen molar-refractivity contribution in [3.8, 4) is 0 Å². The second-order valence-corrected chi connectivity index (χ2v) is 12.8. The molecule has 0 atom stereocenters. The Morgan fingerprint density at radius 1 is 0.520 bits per heavy atom. The van der Waals surface area contributed by atoms with E-state index in [0.717, 1.165) is 44.0 Å². The molecule has 0 heterocycles. The van der Waals surface area contributed by atoms with E-state index in [2.05, 4.69) is 9.80 Å². The van der Waals surface area contributed by atoms with E-state index < -0.39 is 14.8 Å². The number of rotatable bonds is 15. The molecule has 0 fully saturated rings. The molecule has 0 aromatic heterocycles. The van der Waals surface area contributed by atoms with Crippen molar-refractivity contribution in [1.29, 1.82) is 0 Å². The predicted octanol–water partition coefficient (Wildman–Crippen LogP) is 6.56. The molecule has 0 aliphatic carbocycles. The summed E-state index contributed by atoms with van der Waals surface area (Å²) in [4.78, 5) is 40.1. The third kappa shape index (κ3) is 15.3. The highest BCUT2D eigenvalue weighted by Crippen LogP contribution is 2.31. The Kier molecular flexibility index (Phi) is 19.3. The molecule has 0 aliphatic heterocycles. The van der Waals surface area contributed by atoms with E-state index in [9.17, 15) is 30.3 Å². The van der Waals surface area contributed by atoms with Crippen LogP contribution in [-0.2, 0) is 0 Å². The summed E-state index contributed by atoms with van der Waals surface area (Å²) in [6.07, 6.45) is 1.01. The van der Waals surface area contributed by atoms with Gasteiger partial charge in [0.25, 0.3) is 17.1 Å². The first kappa shape index (κ1) is 44.0. The maximum absolute atomic E-state index is 10.6. The van der Waals surface area contributed by atoms with Crippen molar-refractivity contribution >= 4 is 68.9 Å². The third-order valence-electron chi connectivity index (χ3n) is 7.08. The lowest BCUT2D eigenvalue weighted by Crippen LogP contribution is -2.28. The zero-order valence-corrected chi connectivity index (χ0v) is 31.5. The highest BCUT2D eigenvalue weighted by atomic mass is 35.5. The van der Waals surface area contributed by atoms with Crippen molar-refractivity contribution in [2.75, 3.05) is 103 Å². The minimum absolute atomic E-state index is 0.00379. The van der Waals surface area contributed by atoms with Gasteiger partial charge in [-0.05, 0) is 59.4 Å². The summed E-state index contributed by atoms with van der Waals surface area (Å²) in [6, 6.07) is 13.3. The highest BCUT2D eigenvalue weighted by molar-refractivity contribution is 6.34. The van der Waals surface area contributed by atoms with Crippen LogP contribution in [0, 0.1) is 30.3 Å². The molecule has 0 bridgehead atoms. The molecule has 3 aromatic carbocycles. The molecule has 15 nitrogen and oxygen atoms in total. The van der Waals surface area contributed by atoms with Crippen molar-refractivity contribution in [2.45, 2.75) is 6.42 Å². The van der Waals surface area contributed by atoms with Crippen molar-refractivity contribution in [3.05, 3.63) is 100 Å². The lowest BCUT2D eigenvalue weighted by atomic mass is 10.2. The number of halogens is 3. The molecule has 3 aromatic rings. The number of nitro groups is 3. The molecular formula is C32H45Cl3N8O7. The van der Waals surface area contributed by atoms with E-state index in [-0.39, 0.29) is 23.7 Å². The van der Waals surface area contributed by atoms with E-state index in [4.69, 9.17) is 39.9 Å². The number of likely N-dealkylation sites (N-methyl/N-ethyl adjacent to an activating group) is 3. The average molecular weight is 760 g/mol. The molecule has 0 aliphatic rings. The summed E-state index contributed by atoms with van der Waals surface area (Å²) in [7, 11) is 13.6. The van der Waals surface area contributed by atoms with Gasteiger partial charge in [0.05, 0.1) is 53.5 Å². The molecule has 0 spiro atoms. The molecule has 18 heteroatoms. The molecule has 0 radical (unpaired) electrons. The van der Waals surface area contributed by atoms with Crippen LogP contribution in [0.2, 0.25) is 15.1 Å². The van der Waals surface area contributed by atoms with Crippen molar-refractivity contribution in [1.82, 2.24) is 9.80 Å². The minimum atomic E-state index is -0.498. The predicted molar refractivity (Wildman–Crippen MR) is 203 cm³/mol. The Balaban J connectivity index is 0.000000377. The number of nitrogens with zero attached hydrogens (tertiary/aromatic N) is 8. The van der Waals surface area contributed by atoms with Crippen molar-refractivity contribution in [3.63, 3.8) is 0 Å². The number of anilines is 3. The van der Waals surface area contributed by atoms with Crippen molar-refractivity contribution < 1.29 is 19.9 Å². The van der Waals surface area contributed by atoms with Crippen LogP contribution in [0.25, 0.3) is 0 Å². The van der Waals surface area contributed by atoms with E-state index in [1.165, 1.54) is 36.4 Å². The fourth-order valence-electron chi connectivity index (χ4n) is 4.24. The number of aliphatic hydroxyl groups is 1. The fraction of sp³-hybridized carbons (Fsp3) is 0.438. The smallest absolute Gasteiger partial charge is 0.271 e. The van der Waals surface area contributed by atoms with Gasteiger partial charge in [0.2, 0.25) is 0 Å². The van der Waals surface area contributed by atoms with Crippen LogP contribution in [0.5, 0.6) is 0 Å². The zero-order valence-electron chi connectivity index (χ0n) is 29.3. The first-order valence-corrected chi connectivity index (χ1v) is 16.4. The Morgan fingerprint density at radius 2 is 0.840 bits per heavy atom. The van der Waals surface area contributed by atoms with Gasteiger partial charge in [0.1, 0.15) is 0 Å². The summed E-state index contributed by atoms with van der Waals surface area (Å²) < 4.78 is 0.